The van der Waals surface area contributed by atoms with Crippen molar-refractivity contribution in [3.05, 3.63) is 59.7 Å². The molecule has 31 heavy (non-hydrogen) atoms. The van der Waals surface area contributed by atoms with Crippen molar-refractivity contribution in [2.45, 2.75) is 18.0 Å². The Morgan fingerprint density at radius 1 is 1.06 bits per heavy atom. The maximum absolute atomic E-state index is 12.5. The minimum Gasteiger partial charge on any atom is -0.394 e. The first-order valence-corrected chi connectivity index (χ1v) is 10.2. The van der Waals surface area contributed by atoms with E-state index in [4.69, 9.17) is 0 Å². The van der Waals surface area contributed by atoms with Gasteiger partial charge in [0.1, 0.15) is 6.04 Å². The molecule has 1 aliphatic rings. The fraction of sp³-hybridized carbons (Fsp3) is 0.375. The first-order valence-electron chi connectivity index (χ1n) is 10.2. The van der Waals surface area contributed by atoms with Crippen molar-refractivity contribution in [2.24, 2.45) is 0 Å². The highest BCUT2D eigenvalue weighted by atomic mass is 16.3. The Balaban J connectivity index is 1.83. The maximum atomic E-state index is 12.5. The van der Waals surface area contributed by atoms with Gasteiger partial charge in [0.2, 0.25) is 5.91 Å². The summed E-state index contributed by atoms with van der Waals surface area (Å²) in [6.45, 7) is 0.000800. The summed E-state index contributed by atoms with van der Waals surface area (Å²) in [5.41, 5.74) is 3.39. The fourth-order valence-electron chi connectivity index (χ4n) is 4.09. The topological polar surface area (TPSA) is 87.9 Å². The van der Waals surface area contributed by atoms with Crippen LogP contribution in [0.2, 0.25) is 0 Å². The van der Waals surface area contributed by atoms with Gasteiger partial charge < -0.3 is 19.8 Å². The lowest BCUT2D eigenvalue weighted by Gasteiger charge is -2.51. The highest BCUT2D eigenvalue weighted by Crippen LogP contribution is 2.41. The van der Waals surface area contributed by atoms with Crippen molar-refractivity contribution in [1.82, 2.24) is 14.7 Å². The number of hydrogen-bond acceptors (Lipinski definition) is 5. The molecule has 0 unspecified atom stereocenters. The van der Waals surface area contributed by atoms with E-state index in [-0.39, 0.29) is 30.9 Å². The van der Waals surface area contributed by atoms with Crippen molar-refractivity contribution in [1.29, 1.82) is 5.26 Å². The number of nitrogens with zero attached hydrogens (tertiary/aromatic N) is 4. The number of rotatable bonds is 6. The zero-order chi connectivity index (χ0) is 22.7. The van der Waals surface area contributed by atoms with Gasteiger partial charge in [0.25, 0.3) is 5.91 Å². The quantitative estimate of drug-likeness (QED) is 0.770. The molecule has 0 saturated carbocycles. The van der Waals surface area contributed by atoms with Crippen LogP contribution < -0.4 is 0 Å². The van der Waals surface area contributed by atoms with E-state index >= 15 is 0 Å². The number of aliphatic hydroxyl groups excluding tert-OH is 1. The molecule has 0 radical (unpaired) electrons. The summed E-state index contributed by atoms with van der Waals surface area (Å²) in [5.74, 6) is -0.458. The van der Waals surface area contributed by atoms with Gasteiger partial charge in [-0.2, -0.15) is 5.26 Å². The SMILES string of the molecule is CN(C)CC(=O)N1[C@@H](C#N)[C@H](c2ccc(-c3cccc(C(=O)N(C)C)c3)cc2)[C@@H]1CO. The van der Waals surface area contributed by atoms with Crippen molar-refractivity contribution >= 4 is 11.8 Å². The summed E-state index contributed by atoms with van der Waals surface area (Å²) in [4.78, 5) is 29.5. The van der Waals surface area contributed by atoms with Crippen LogP contribution in [-0.4, -0.2) is 85.0 Å². The molecule has 1 saturated heterocycles. The molecule has 0 aromatic heterocycles. The lowest BCUT2D eigenvalue weighted by atomic mass is 9.75. The van der Waals surface area contributed by atoms with Crippen molar-refractivity contribution in [2.75, 3.05) is 41.3 Å². The summed E-state index contributed by atoms with van der Waals surface area (Å²) in [6.07, 6.45) is 0. The van der Waals surface area contributed by atoms with E-state index < -0.39 is 12.1 Å². The Hall–Kier alpha value is -3.21. The third kappa shape index (κ3) is 4.46. The average Bonchev–Trinajstić information content (AvgIpc) is 2.73. The molecule has 0 bridgehead atoms. The zero-order valence-corrected chi connectivity index (χ0v) is 18.3. The number of likely N-dealkylation sites (tertiary alicyclic amines) is 1. The van der Waals surface area contributed by atoms with Gasteiger partial charge in [-0.25, -0.2) is 0 Å². The van der Waals surface area contributed by atoms with E-state index in [1.807, 2.05) is 42.5 Å². The maximum Gasteiger partial charge on any atom is 0.253 e. The van der Waals surface area contributed by atoms with Crippen molar-refractivity contribution in [3.8, 4) is 17.2 Å². The fourth-order valence-corrected chi connectivity index (χ4v) is 4.09. The van der Waals surface area contributed by atoms with Crippen LogP contribution in [0.25, 0.3) is 11.1 Å². The normalized spacial score (nSPS) is 20.2. The van der Waals surface area contributed by atoms with Gasteiger partial charge in [0.05, 0.1) is 25.3 Å². The zero-order valence-electron chi connectivity index (χ0n) is 18.3. The second kappa shape index (κ2) is 9.29. The summed E-state index contributed by atoms with van der Waals surface area (Å²) in [5, 5.41) is 19.6. The Morgan fingerprint density at radius 3 is 2.29 bits per heavy atom. The molecule has 2 aromatic rings. The Bertz CT molecular complexity index is 995. The van der Waals surface area contributed by atoms with Crippen molar-refractivity contribution < 1.29 is 14.7 Å². The number of hydrogen-bond donors (Lipinski definition) is 1. The summed E-state index contributed by atoms with van der Waals surface area (Å²) in [7, 11) is 7.03. The van der Waals surface area contributed by atoms with Crippen LogP contribution in [-0.2, 0) is 4.79 Å². The highest BCUT2D eigenvalue weighted by Gasteiger charge is 2.51. The second-order valence-electron chi connectivity index (χ2n) is 8.29. The molecule has 7 heteroatoms. The molecule has 2 aromatic carbocycles. The minimum atomic E-state index is -0.600. The van der Waals surface area contributed by atoms with Gasteiger partial charge in [-0.05, 0) is 42.9 Å². The lowest BCUT2D eigenvalue weighted by Crippen LogP contribution is -2.66. The highest BCUT2D eigenvalue weighted by molar-refractivity contribution is 5.95. The number of carbonyl (C=O) groups is 2. The number of amides is 2. The molecule has 1 heterocycles. The van der Waals surface area contributed by atoms with Gasteiger partial charge in [-0.3, -0.25) is 9.59 Å². The number of aliphatic hydroxyl groups is 1. The van der Waals surface area contributed by atoms with E-state index in [0.29, 0.717) is 5.56 Å². The first-order chi connectivity index (χ1) is 14.8. The molecule has 3 atom stereocenters. The van der Waals surface area contributed by atoms with Gasteiger partial charge >= 0.3 is 0 Å². The smallest absolute Gasteiger partial charge is 0.253 e. The number of carbonyl (C=O) groups excluding carboxylic acids is 2. The molecule has 1 aliphatic heterocycles. The van der Waals surface area contributed by atoms with E-state index in [0.717, 1.165) is 16.7 Å². The monoisotopic (exact) mass is 420 g/mol. The van der Waals surface area contributed by atoms with Crippen molar-refractivity contribution in [3.63, 3.8) is 0 Å². The van der Waals surface area contributed by atoms with Crippen LogP contribution in [0.5, 0.6) is 0 Å². The number of likely N-dealkylation sites (N-methyl/N-ethyl adjacent to an activating group) is 1. The molecule has 0 aliphatic carbocycles. The third-order valence-electron chi connectivity index (χ3n) is 5.62. The summed E-state index contributed by atoms with van der Waals surface area (Å²) in [6, 6.07) is 16.4. The van der Waals surface area contributed by atoms with Gasteiger partial charge in [-0.15, -0.1) is 0 Å². The third-order valence-corrected chi connectivity index (χ3v) is 5.62. The van der Waals surface area contributed by atoms with Crippen LogP contribution >= 0.6 is 0 Å². The first kappa shape index (κ1) is 22.5. The van der Waals surface area contributed by atoms with Crippen LogP contribution in [0.4, 0.5) is 0 Å². The number of benzene rings is 2. The average molecular weight is 421 g/mol. The molecular weight excluding hydrogens is 392 g/mol. The van der Waals surface area contributed by atoms with Gasteiger partial charge in [0.15, 0.2) is 0 Å². The molecule has 2 amide bonds. The largest absolute Gasteiger partial charge is 0.394 e. The van der Waals surface area contributed by atoms with Crippen LogP contribution in [0.3, 0.4) is 0 Å². The Kier molecular flexibility index (Phi) is 6.74. The molecular formula is C24H28N4O3. The summed E-state index contributed by atoms with van der Waals surface area (Å²) >= 11 is 0. The Morgan fingerprint density at radius 2 is 1.74 bits per heavy atom. The van der Waals surface area contributed by atoms with Crippen LogP contribution in [0.1, 0.15) is 21.8 Å². The van der Waals surface area contributed by atoms with Gasteiger partial charge in [0, 0.05) is 25.6 Å². The molecule has 1 fully saturated rings. The van der Waals surface area contributed by atoms with Crippen LogP contribution in [0, 0.1) is 11.3 Å². The standard InChI is InChI=1S/C24H28N4O3/c1-26(2)14-22(30)28-20(13-25)23(21(28)15-29)17-10-8-16(9-11-17)18-6-5-7-19(12-18)24(31)27(3)4/h5-12,20-21,23,29H,14-15H2,1-4H3/t20-,21-,23-/m0/s1. The molecule has 0 spiro atoms. The van der Waals surface area contributed by atoms with E-state index in [2.05, 4.69) is 6.07 Å². The molecule has 1 N–H and O–H groups in total. The predicted octanol–water partition coefficient (Wildman–Crippen LogP) is 1.80. The Labute approximate surface area is 183 Å². The second-order valence-corrected chi connectivity index (χ2v) is 8.29. The number of nitriles is 1. The lowest BCUT2D eigenvalue weighted by molar-refractivity contribution is -0.147. The van der Waals surface area contributed by atoms with Gasteiger partial charge in [-0.1, -0.05) is 36.4 Å². The predicted molar refractivity (Wildman–Crippen MR) is 118 cm³/mol. The molecule has 162 valence electrons. The van der Waals surface area contributed by atoms with E-state index in [9.17, 15) is 20.0 Å². The van der Waals surface area contributed by atoms with Crippen LogP contribution in [0.15, 0.2) is 48.5 Å². The van der Waals surface area contributed by atoms with E-state index in [1.54, 1.807) is 44.1 Å². The molecule has 3 rings (SSSR count). The molecule has 7 nitrogen and oxygen atoms in total. The summed E-state index contributed by atoms with van der Waals surface area (Å²) < 4.78 is 0. The van der Waals surface area contributed by atoms with E-state index in [1.165, 1.54) is 4.90 Å². The minimum absolute atomic E-state index is 0.0573.